The molecule has 0 atom stereocenters. The van der Waals surface area contributed by atoms with Crippen molar-refractivity contribution in [3.8, 4) is 5.75 Å². The molecule has 5 nitrogen and oxygen atoms in total. The molecule has 0 fully saturated rings. The van der Waals surface area contributed by atoms with Crippen LogP contribution in [-0.2, 0) is 13.1 Å². The molecule has 2 N–H and O–H groups in total. The maximum atomic E-state index is 9.46. The third-order valence-electron chi connectivity index (χ3n) is 3.17. The van der Waals surface area contributed by atoms with Crippen molar-refractivity contribution < 1.29 is 14.8 Å². The van der Waals surface area contributed by atoms with E-state index in [0.717, 1.165) is 16.3 Å². The van der Waals surface area contributed by atoms with Crippen LogP contribution >= 0.6 is 11.3 Å². The summed E-state index contributed by atoms with van der Waals surface area (Å²) in [6, 6.07) is 5.24. The SMILES string of the molecule is COc1ccc(B(O)O)c(CN(C)Cc2csc(C)n2)c1. The van der Waals surface area contributed by atoms with Gasteiger partial charge in [-0.05, 0) is 37.1 Å². The first-order valence-electron chi connectivity index (χ1n) is 6.62. The maximum absolute atomic E-state index is 9.46. The standard InChI is InChI=1S/C14H19BN2O3S/c1-10-16-12(9-21-10)8-17(2)7-11-6-13(20-3)4-5-14(11)15(18)19/h4-6,9,18-19H,7-8H2,1-3H3. The summed E-state index contributed by atoms with van der Waals surface area (Å²) in [5.74, 6) is 0.701. The van der Waals surface area contributed by atoms with Gasteiger partial charge in [-0.25, -0.2) is 4.98 Å². The normalized spacial score (nSPS) is 11.0. The highest BCUT2D eigenvalue weighted by molar-refractivity contribution is 7.09. The Morgan fingerprint density at radius 3 is 2.67 bits per heavy atom. The molecule has 1 heterocycles. The number of thiazole rings is 1. The molecule has 0 aliphatic rings. The van der Waals surface area contributed by atoms with Gasteiger partial charge in [0.15, 0.2) is 0 Å². The van der Waals surface area contributed by atoms with Gasteiger partial charge in [-0.3, -0.25) is 4.90 Å². The average molecular weight is 306 g/mol. The van der Waals surface area contributed by atoms with E-state index in [-0.39, 0.29) is 0 Å². The second-order valence-corrected chi connectivity index (χ2v) is 6.03. The van der Waals surface area contributed by atoms with Crippen LogP contribution in [-0.4, -0.2) is 41.2 Å². The summed E-state index contributed by atoms with van der Waals surface area (Å²) in [6.07, 6.45) is 0. The van der Waals surface area contributed by atoms with Gasteiger partial charge in [-0.1, -0.05) is 6.07 Å². The molecule has 1 aromatic heterocycles. The van der Waals surface area contributed by atoms with E-state index in [9.17, 15) is 10.0 Å². The van der Waals surface area contributed by atoms with Crippen molar-refractivity contribution >= 4 is 23.9 Å². The zero-order valence-corrected chi connectivity index (χ0v) is 13.2. The largest absolute Gasteiger partial charge is 0.497 e. The van der Waals surface area contributed by atoms with Gasteiger partial charge in [0.25, 0.3) is 0 Å². The number of hydrogen-bond acceptors (Lipinski definition) is 6. The van der Waals surface area contributed by atoms with E-state index in [0.29, 0.717) is 24.3 Å². The molecule has 0 unspecified atom stereocenters. The summed E-state index contributed by atoms with van der Waals surface area (Å²) >= 11 is 1.63. The monoisotopic (exact) mass is 306 g/mol. The van der Waals surface area contributed by atoms with Crippen molar-refractivity contribution in [2.45, 2.75) is 20.0 Å². The minimum atomic E-state index is -1.49. The van der Waals surface area contributed by atoms with Crippen molar-refractivity contribution in [1.82, 2.24) is 9.88 Å². The molecule has 2 aromatic rings. The van der Waals surface area contributed by atoms with Crippen LogP contribution in [0.4, 0.5) is 0 Å². The van der Waals surface area contributed by atoms with Gasteiger partial charge < -0.3 is 14.8 Å². The molecule has 0 spiro atoms. The minimum Gasteiger partial charge on any atom is -0.497 e. The minimum absolute atomic E-state index is 0.497. The first-order valence-corrected chi connectivity index (χ1v) is 7.50. The highest BCUT2D eigenvalue weighted by Gasteiger charge is 2.18. The lowest BCUT2D eigenvalue weighted by molar-refractivity contribution is 0.315. The smallest absolute Gasteiger partial charge is 0.488 e. The van der Waals surface area contributed by atoms with Crippen molar-refractivity contribution in [2.75, 3.05) is 14.2 Å². The second-order valence-electron chi connectivity index (χ2n) is 4.97. The summed E-state index contributed by atoms with van der Waals surface area (Å²) in [7, 11) is 2.08. The molecule has 0 aliphatic heterocycles. The summed E-state index contributed by atoms with van der Waals surface area (Å²) < 4.78 is 5.20. The van der Waals surface area contributed by atoms with Crippen LogP contribution < -0.4 is 10.2 Å². The van der Waals surface area contributed by atoms with Gasteiger partial charge in [0, 0.05) is 18.5 Å². The fraction of sp³-hybridized carbons (Fsp3) is 0.357. The Hall–Kier alpha value is -1.41. The van der Waals surface area contributed by atoms with E-state index in [1.807, 2.05) is 25.4 Å². The van der Waals surface area contributed by atoms with Gasteiger partial charge in [-0.15, -0.1) is 11.3 Å². The molecule has 0 radical (unpaired) electrons. The average Bonchev–Trinajstić information content (AvgIpc) is 2.83. The molecule has 0 bridgehead atoms. The fourth-order valence-electron chi connectivity index (χ4n) is 2.20. The Bertz CT molecular complexity index is 604. The van der Waals surface area contributed by atoms with Crippen molar-refractivity contribution in [1.29, 1.82) is 0 Å². The van der Waals surface area contributed by atoms with E-state index >= 15 is 0 Å². The summed E-state index contributed by atoms with van der Waals surface area (Å²) in [5.41, 5.74) is 2.35. The lowest BCUT2D eigenvalue weighted by atomic mass is 9.77. The molecule has 21 heavy (non-hydrogen) atoms. The number of rotatable bonds is 6. The predicted molar refractivity (Wildman–Crippen MR) is 84.8 cm³/mol. The number of aryl methyl sites for hydroxylation is 1. The van der Waals surface area contributed by atoms with Crippen molar-refractivity contribution in [2.24, 2.45) is 0 Å². The summed E-state index contributed by atoms with van der Waals surface area (Å²) in [5, 5.41) is 22.0. The van der Waals surface area contributed by atoms with Crippen LogP contribution in [0.3, 0.4) is 0 Å². The molecule has 0 amide bonds. The lowest BCUT2D eigenvalue weighted by Gasteiger charge is -2.18. The van der Waals surface area contributed by atoms with E-state index in [1.165, 1.54) is 0 Å². The van der Waals surface area contributed by atoms with E-state index < -0.39 is 7.12 Å². The van der Waals surface area contributed by atoms with E-state index in [2.05, 4.69) is 9.88 Å². The van der Waals surface area contributed by atoms with Crippen LogP contribution in [0.5, 0.6) is 5.75 Å². The third kappa shape index (κ3) is 4.28. The van der Waals surface area contributed by atoms with Gasteiger partial charge in [0.2, 0.25) is 0 Å². The summed E-state index contributed by atoms with van der Waals surface area (Å²) in [4.78, 5) is 6.52. The highest BCUT2D eigenvalue weighted by atomic mass is 32.1. The Morgan fingerprint density at radius 1 is 1.33 bits per heavy atom. The van der Waals surface area contributed by atoms with Crippen LogP contribution in [0.25, 0.3) is 0 Å². The fourth-order valence-corrected chi connectivity index (χ4v) is 2.81. The summed E-state index contributed by atoms with van der Waals surface area (Å²) in [6.45, 7) is 3.28. The molecular weight excluding hydrogens is 287 g/mol. The molecule has 112 valence electrons. The third-order valence-corrected chi connectivity index (χ3v) is 3.99. The first kappa shape index (κ1) is 16.0. The zero-order valence-electron chi connectivity index (χ0n) is 12.4. The Labute approximate surface area is 129 Å². The number of methoxy groups -OCH3 is 1. The van der Waals surface area contributed by atoms with Gasteiger partial charge in [-0.2, -0.15) is 0 Å². The molecule has 2 rings (SSSR count). The second kappa shape index (κ2) is 7.04. The Morgan fingerprint density at radius 2 is 2.10 bits per heavy atom. The topological polar surface area (TPSA) is 65.8 Å². The van der Waals surface area contributed by atoms with Crippen LogP contribution in [0.15, 0.2) is 23.6 Å². The molecule has 0 saturated heterocycles. The van der Waals surface area contributed by atoms with Crippen LogP contribution in [0.1, 0.15) is 16.3 Å². The molecule has 0 aliphatic carbocycles. The first-order chi connectivity index (χ1) is 9.99. The van der Waals surface area contributed by atoms with Gasteiger partial charge >= 0.3 is 7.12 Å². The Kier molecular flexibility index (Phi) is 5.36. The molecule has 7 heteroatoms. The highest BCUT2D eigenvalue weighted by Crippen LogP contribution is 2.15. The van der Waals surface area contributed by atoms with E-state index in [1.54, 1.807) is 30.6 Å². The van der Waals surface area contributed by atoms with Crippen LogP contribution in [0.2, 0.25) is 0 Å². The zero-order chi connectivity index (χ0) is 15.4. The molecular formula is C14H19BN2O3S. The predicted octanol–water partition coefficient (Wildman–Crippen LogP) is 0.772. The maximum Gasteiger partial charge on any atom is 0.488 e. The van der Waals surface area contributed by atoms with Crippen LogP contribution in [0, 0.1) is 6.92 Å². The molecule has 0 saturated carbocycles. The number of nitrogens with zero attached hydrogens (tertiary/aromatic N) is 2. The van der Waals surface area contributed by atoms with Gasteiger partial charge in [0.05, 0.1) is 17.8 Å². The quantitative estimate of drug-likeness (QED) is 0.772. The van der Waals surface area contributed by atoms with Gasteiger partial charge in [0.1, 0.15) is 5.75 Å². The number of ether oxygens (including phenoxy) is 1. The lowest BCUT2D eigenvalue weighted by Crippen LogP contribution is -2.35. The Balaban J connectivity index is 2.13. The number of benzene rings is 1. The van der Waals surface area contributed by atoms with E-state index in [4.69, 9.17) is 4.74 Å². The number of hydrogen-bond donors (Lipinski definition) is 2. The van der Waals surface area contributed by atoms with Crippen molar-refractivity contribution in [3.05, 3.63) is 39.8 Å². The molecule has 1 aromatic carbocycles. The van der Waals surface area contributed by atoms with Crippen molar-refractivity contribution in [3.63, 3.8) is 0 Å². The number of aromatic nitrogens is 1.